The summed E-state index contributed by atoms with van der Waals surface area (Å²) in [7, 11) is 1.98. The van der Waals surface area contributed by atoms with E-state index in [9.17, 15) is 4.79 Å². The molecule has 19 heavy (non-hydrogen) atoms. The van der Waals surface area contributed by atoms with Gasteiger partial charge in [0, 0.05) is 18.3 Å². The van der Waals surface area contributed by atoms with E-state index in [4.69, 9.17) is 5.11 Å². The number of hydrogen-bond donors (Lipinski definition) is 1. The maximum Gasteiger partial charge on any atom is 0.305 e. The zero-order chi connectivity index (χ0) is 15.0. The molecule has 3 nitrogen and oxygen atoms in total. The molecule has 0 heterocycles. The van der Waals surface area contributed by atoms with Gasteiger partial charge in [-0.15, -0.1) is 0 Å². The topological polar surface area (TPSA) is 40.5 Å². The monoisotopic (exact) mass is 263 g/mol. The van der Waals surface area contributed by atoms with Crippen molar-refractivity contribution in [3.63, 3.8) is 0 Å². The average Bonchev–Trinajstić information content (AvgIpc) is 2.25. The van der Waals surface area contributed by atoms with Gasteiger partial charge in [-0.1, -0.05) is 6.07 Å². The largest absolute Gasteiger partial charge is 0.481 e. The van der Waals surface area contributed by atoms with Crippen LogP contribution in [0.5, 0.6) is 0 Å². The molecule has 0 unspecified atom stereocenters. The van der Waals surface area contributed by atoms with Crippen molar-refractivity contribution in [2.45, 2.75) is 53.5 Å². The average molecular weight is 263 g/mol. The Kier molecular flexibility index (Phi) is 4.28. The van der Waals surface area contributed by atoms with E-state index in [2.05, 4.69) is 38.7 Å². The maximum absolute atomic E-state index is 11.0. The number of nitrogens with zero attached hydrogens (tertiary/aromatic N) is 1. The van der Waals surface area contributed by atoms with Gasteiger partial charge in [0.15, 0.2) is 0 Å². The Bertz CT molecular complexity index is 478. The molecule has 1 N–H and O–H groups in total. The van der Waals surface area contributed by atoms with E-state index < -0.39 is 11.5 Å². The zero-order valence-corrected chi connectivity index (χ0v) is 13.1. The third-order valence-electron chi connectivity index (χ3n) is 4.15. The SMILES string of the molecule is Cc1cc(C)c(C)c(N(C)C(C)(C)CC(=O)O)c1C. The summed E-state index contributed by atoms with van der Waals surface area (Å²) in [5.41, 5.74) is 5.69. The number of hydrogen-bond acceptors (Lipinski definition) is 2. The van der Waals surface area contributed by atoms with Crippen LogP contribution in [0.1, 0.15) is 42.5 Å². The first-order chi connectivity index (χ1) is 8.58. The highest BCUT2D eigenvalue weighted by Crippen LogP contribution is 2.34. The van der Waals surface area contributed by atoms with Gasteiger partial charge in [-0.3, -0.25) is 4.79 Å². The van der Waals surface area contributed by atoms with Gasteiger partial charge in [-0.2, -0.15) is 0 Å². The van der Waals surface area contributed by atoms with Gasteiger partial charge in [0.1, 0.15) is 0 Å². The molecule has 1 rings (SSSR count). The highest BCUT2D eigenvalue weighted by Gasteiger charge is 2.29. The predicted molar refractivity (Wildman–Crippen MR) is 80.1 cm³/mol. The second kappa shape index (κ2) is 5.24. The Morgan fingerprint density at radius 3 is 1.95 bits per heavy atom. The molecular formula is C16H25NO2. The van der Waals surface area contributed by atoms with Gasteiger partial charge >= 0.3 is 5.97 Å². The summed E-state index contributed by atoms with van der Waals surface area (Å²) in [5, 5.41) is 9.07. The van der Waals surface area contributed by atoms with Crippen molar-refractivity contribution in [1.29, 1.82) is 0 Å². The summed E-state index contributed by atoms with van der Waals surface area (Å²) < 4.78 is 0. The Labute approximate surface area is 116 Å². The van der Waals surface area contributed by atoms with Crippen LogP contribution in [0.3, 0.4) is 0 Å². The molecule has 0 atom stereocenters. The van der Waals surface area contributed by atoms with Crippen LogP contribution in [0.25, 0.3) is 0 Å². The summed E-state index contributed by atoms with van der Waals surface area (Å²) in [5.74, 6) is -0.767. The number of aliphatic carboxylic acids is 1. The number of carbonyl (C=O) groups is 1. The smallest absolute Gasteiger partial charge is 0.305 e. The quantitative estimate of drug-likeness (QED) is 0.902. The Hall–Kier alpha value is -1.51. The number of carboxylic acids is 1. The van der Waals surface area contributed by atoms with E-state index in [1.54, 1.807) is 0 Å². The highest BCUT2D eigenvalue weighted by molar-refractivity contribution is 5.71. The van der Waals surface area contributed by atoms with Crippen LogP contribution >= 0.6 is 0 Å². The Morgan fingerprint density at radius 2 is 1.58 bits per heavy atom. The van der Waals surface area contributed by atoms with E-state index in [1.807, 2.05) is 20.9 Å². The molecular weight excluding hydrogens is 238 g/mol. The van der Waals surface area contributed by atoms with Crippen LogP contribution in [0, 0.1) is 27.7 Å². The summed E-state index contributed by atoms with van der Waals surface area (Å²) in [6.07, 6.45) is 0.120. The van der Waals surface area contributed by atoms with Gasteiger partial charge in [-0.25, -0.2) is 0 Å². The van der Waals surface area contributed by atoms with Crippen molar-refractivity contribution in [1.82, 2.24) is 0 Å². The molecule has 0 saturated heterocycles. The fraction of sp³-hybridized carbons (Fsp3) is 0.562. The fourth-order valence-corrected chi connectivity index (χ4v) is 2.49. The van der Waals surface area contributed by atoms with Crippen molar-refractivity contribution in [3.8, 4) is 0 Å². The first kappa shape index (κ1) is 15.5. The van der Waals surface area contributed by atoms with Crippen molar-refractivity contribution in [3.05, 3.63) is 28.3 Å². The molecule has 0 aliphatic rings. The summed E-state index contributed by atoms with van der Waals surface area (Å²) in [4.78, 5) is 13.1. The lowest BCUT2D eigenvalue weighted by Gasteiger charge is -2.39. The number of carboxylic acid groups (broad SMARTS) is 1. The van der Waals surface area contributed by atoms with E-state index in [1.165, 1.54) is 22.3 Å². The molecule has 0 fully saturated rings. The Balaban J connectivity index is 3.34. The molecule has 3 heteroatoms. The highest BCUT2D eigenvalue weighted by atomic mass is 16.4. The van der Waals surface area contributed by atoms with Gasteiger partial charge in [0.05, 0.1) is 6.42 Å². The number of benzene rings is 1. The predicted octanol–water partition coefficient (Wildman–Crippen LogP) is 3.61. The first-order valence-corrected chi connectivity index (χ1v) is 6.61. The third kappa shape index (κ3) is 3.09. The molecule has 0 aliphatic heterocycles. The van der Waals surface area contributed by atoms with Crippen molar-refractivity contribution < 1.29 is 9.90 Å². The minimum atomic E-state index is -0.767. The molecule has 1 aromatic carbocycles. The lowest BCUT2D eigenvalue weighted by atomic mass is 9.92. The lowest BCUT2D eigenvalue weighted by molar-refractivity contribution is -0.138. The standard InChI is InChI=1S/C16H25NO2/c1-10-8-11(2)13(4)15(12(10)3)17(7)16(5,6)9-14(18)19/h8H,9H2,1-7H3,(H,18,19). The van der Waals surface area contributed by atoms with E-state index in [0.717, 1.165) is 5.69 Å². The van der Waals surface area contributed by atoms with Crippen molar-refractivity contribution in [2.75, 3.05) is 11.9 Å². The maximum atomic E-state index is 11.0. The second-order valence-corrected chi connectivity index (χ2v) is 6.05. The molecule has 106 valence electrons. The normalized spacial score (nSPS) is 11.5. The zero-order valence-electron chi connectivity index (χ0n) is 13.1. The molecule has 0 saturated carbocycles. The number of aryl methyl sites for hydroxylation is 2. The lowest BCUT2D eigenvalue weighted by Crippen LogP contribution is -2.43. The molecule has 0 aliphatic carbocycles. The summed E-state index contributed by atoms with van der Waals surface area (Å²) in [6.45, 7) is 12.3. The molecule has 0 aromatic heterocycles. The van der Waals surface area contributed by atoms with E-state index in [-0.39, 0.29) is 6.42 Å². The molecule has 1 aromatic rings. The minimum Gasteiger partial charge on any atom is -0.481 e. The Morgan fingerprint density at radius 1 is 1.16 bits per heavy atom. The van der Waals surface area contributed by atoms with Crippen LogP contribution in [0.2, 0.25) is 0 Å². The molecule has 0 spiro atoms. The minimum absolute atomic E-state index is 0.120. The second-order valence-electron chi connectivity index (χ2n) is 6.05. The van der Waals surface area contributed by atoms with Crippen LogP contribution in [0.15, 0.2) is 6.07 Å². The summed E-state index contributed by atoms with van der Waals surface area (Å²) in [6, 6.07) is 2.19. The number of anilines is 1. The molecule has 0 radical (unpaired) electrons. The van der Waals surface area contributed by atoms with Gasteiger partial charge < -0.3 is 10.0 Å². The van der Waals surface area contributed by atoms with E-state index in [0.29, 0.717) is 0 Å². The van der Waals surface area contributed by atoms with E-state index >= 15 is 0 Å². The van der Waals surface area contributed by atoms with Crippen LogP contribution in [0.4, 0.5) is 5.69 Å². The van der Waals surface area contributed by atoms with Crippen LogP contribution < -0.4 is 4.90 Å². The summed E-state index contributed by atoms with van der Waals surface area (Å²) >= 11 is 0. The fourth-order valence-electron chi connectivity index (χ4n) is 2.49. The molecule has 0 bridgehead atoms. The molecule has 0 amide bonds. The number of rotatable bonds is 4. The first-order valence-electron chi connectivity index (χ1n) is 6.61. The van der Waals surface area contributed by atoms with Crippen LogP contribution in [-0.4, -0.2) is 23.7 Å². The van der Waals surface area contributed by atoms with Crippen molar-refractivity contribution in [2.24, 2.45) is 0 Å². The van der Waals surface area contributed by atoms with Gasteiger partial charge in [0.25, 0.3) is 0 Å². The van der Waals surface area contributed by atoms with Gasteiger partial charge in [0.2, 0.25) is 0 Å². The van der Waals surface area contributed by atoms with Crippen molar-refractivity contribution >= 4 is 11.7 Å². The third-order valence-corrected chi connectivity index (χ3v) is 4.15. The van der Waals surface area contributed by atoms with Crippen LogP contribution in [-0.2, 0) is 4.79 Å². The van der Waals surface area contributed by atoms with Gasteiger partial charge in [-0.05, 0) is 63.8 Å².